The van der Waals surface area contributed by atoms with Crippen LogP contribution in [0.3, 0.4) is 0 Å². The molecule has 0 amide bonds. The second-order valence-electron chi connectivity index (χ2n) is 12.2. The van der Waals surface area contributed by atoms with Crippen molar-refractivity contribution in [3.05, 3.63) is 34.8 Å². The van der Waals surface area contributed by atoms with Crippen molar-refractivity contribution in [2.24, 2.45) is 0 Å². The average Bonchev–Trinajstić information content (AvgIpc) is 3.78. The minimum Gasteiger partial charge on any atom is -0.660 e. The van der Waals surface area contributed by atoms with Crippen LogP contribution < -0.4 is 75.7 Å². The van der Waals surface area contributed by atoms with Crippen LogP contribution in [0.4, 0.5) is 11.8 Å². The number of hydrogen-bond acceptors (Lipinski definition) is 20. The van der Waals surface area contributed by atoms with E-state index in [1.807, 2.05) is 0 Å². The molecule has 0 radical (unpaired) electrons. The van der Waals surface area contributed by atoms with Crippen molar-refractivity contribution in [1.82, 2.24) is 33.6 Å². The number of nitrogen functional groups attached to an aromatic ring is 1. The zero-order chi connectivity index (χ0) is 35.8. The Morgan fingerprint density at radius 3 is 2.38 bits per heavy atom. The van der Waals surface area contributed by atoms with Gasteiger partial charge in [0, 0.05) is 12.7 Å². The Bertz CT molecular complexity index is 2170. The van der Waals surface area contributed by atoms with E-state index >= 15 is 0 Å². The molecule has 27 heteroatoms. The summed E-state index contributed by atoms with van der Waals surface area (Å²) in [7, 11) is 0. The van der Waals surface area contributed by atoms with E-state index in [0.717, 1.165) is 28.5 Å². The summed E-state index contributed by atoms with van der Waals surface area (Å²) in [6.45, 7) is -10.0. The van der Waals surface area contributed by atoms with Crippen LogP contribution in [0.15, 0.2) is 23.6 Å². The van der Waals surface area contributed by atoms with E-state index in [1.54, 1.807) is 10.8 Å². The second-order valence-corrected chi connectivity index (χ2v) is 17.6. The molecule has 8 heterocycles. The van der Waals surface area contributed by atoms with Gasteiger partial charge in [0.15, 0.2) is 30.4 Å². The van der Waals surface area contributed by atoms with Crippen molar-refractivity contribution < 1.29 is 111 Å². The van der Waals surface area contributed by atoms with E-state index < -0.39 is 81.4 Å². The topological polar surface area (TPSA) is 272 Å². The Morgan fingerprint density at radius 2 is 1.64 bits per heavy atom. The first kappa shape index (κ1) is 42.0. The van der Waals surface area contributed by atoms with Gasteiger partial charge in [-0.3, -0.25) is 23.1 Å². The van der Waals surface area contributed by atoms with Gasteiger partial charge in [-0.15, -0.1) is 0 Å². The van der Waals surface area contributed by atoms with Crippen LogP contribution in [0, 0.1) is 0 Å². The molecule has 3 fully saturated rings. The Kier molecular flexibility index (Phi) is 12.9. The van der Waals surface area contributed by atoms with Crippen LogP contribution in [-0.2, 0) is 74.2 Å². The third-order valence-electron chi connectivity index (χ3n) is 9.11. The molecule has 3 saturated heterocycles. The van der Waals surface area contributed by atoms with E-state index in [1.165, 1.54) is 17.2 Å². The standard InChI is InChI=1S/C26H33N9O12P2S2.2Na/c27-26-32-22-15(23(39)33(26)4-5-36)31-10-35(22)25-19-16(37)12(44-25)7-42-48(40,50)46-18-13(8-43-49(41,51)47-19)45-24(17(18)38)34-6-11-2-1-3-28-20-14(11)21(34)30-9-29-20;;/h6,9-10,12-13,16-19,24-25,36-38H,1-5,7-8H2,(H2,27,32)(H,40,50)(H,41,51)(H,28,29,30);;/q;2*+1/p-2/t12-,13-,16-,17-,18-,19-,24-,25-,48?,49?;;/m1../s1. The predicted octanol–water partition coefficient (Wildman–Crippen LogP) is -6.38. The van der Waals surface area contributed by atoms with Gasteiger partial charge in [0.05, 0.1) is 38.1 Å². The van der Waals surface area contributed by atoms with Crippen molar-refractivity contribution in [2.75, 3.05) is 37.4 Å². The Hall–Kier alpha value is -0.630. The molecule has 4 aliphatic rings. The number of rotatable bonds is 4. The van der Waals surface area contributed by atoms with Crippen molar-refractivity contribution in [1.29, 1.82) is 0 Å². The van der Waals surface area contributed by atoms with Crippen LogP contribution >= 0.6 is 13.6 Å². The zero-order valence-electron chi connectivity index (χ0n) is 28.2. The van der Waals surface area contributed by atoms with Gasteiger partial charge in [-0.05, 0) is 18.4 Å². The molecule has 0 saturated carbocycles. The van der Waals surface area contributed by atoms with Crippen LogP contribution in [0.2, 0.25) is 0 Å². The van der Waals surface area contributed by atoms with Gasteiger partial charge in [0.25, 0.3) is 5.56 Å². The number of imidazole rings is 1. The van der Waals surface area contributed by atoms with Crippen LogP contribution in [-0.4, -0.2) is 112 Å². The molecular weight excluding hydrogens is 802 g/mol. The van der Waals surface area contributed by atoms with E-state index in [4.69, 9.17) is 57.8 Å². The fraction of sp³-hybridized carbons (Fsp3) is 0.577. The summed E-state index contributed by atoms with van der Waals surface area (Å²) in [4.78, 5) is 30.1. The van der Waals surface area contributed by atoms with Crippen molar-refractivity contribution in [3.63, 3.8) is 0 Å². The Balaban J connectivity index is 0.00000240. The number of nitrogens with two attached hydrogens (primary N) is 1. The number of fused-ring (bicyclic) bond motifs is 4. The van der Waals surface area contributed by atoms with Gasteiger partial charge >= 0.3 is 59.1 Å². The van der Waals surface area contributed by atoms with E-state index in [0.29, 0.717) is 17.9 Å². The van der Waals surface area contributed by atoms with Crippen molar-refractivity contribution >= 4 is 72.1 Å². The number of aliphatic hydroxyl groups is 3. The number of nitrogens with zero attached hydrogens (tertiary/aromatic N) is 7. The molecule has 0 spiro atoms. The van der Waals surface area contributed by atoms with Crippen LogP contribution in [0.25, 0.3) is 22.2 Å². The van der Waals surface area contributed by atoms with Crippen molar-refractivity contribution in [2.45, 2.75) is 68.5 Å². The molecule has 4 aromatic heterocycles. The van der Waals surface area contributed by atoms with Gasteiger partial charge in [0.2, 0.25) is 12.7 Å². The molecule has 4 aliphatic heterocycles. The summed E-state index contributed by atoms with van der Waals surface area (Å²) in [6.07, 6.45) is -5.39. The van der Waals surface area contributed by atoms with Gasteiger partial charge < -0.3 is 83.0 Å². The number of aromatic nitrogens is 7. The molecule has 276 valence electrons. The van der Waals surface area contributed by atoms with Crippen LogP contribution in [0.1, 0.15) is 24.4 Å². The molecule has 2 unspecified atom stereocenters. The molecular formula is C26H31N9Na2O12P2S2. The largest absolute Gasteiger partial charge is 1.00 e. The van der Waals surface area contributed by atoms with Gasteiger partial charge in [0.1, 0.15) is 54.4 Å². The van der Waals surface area contributed by atoms with Crippen LogP contribution in [0.5, 0.6) is 0 Å². The first-order valence-corrected chi connectivity index (χ1v) is 20.8. The first-order chi connectivity index (χ1) is 24.4. The summed E-state index contributed by atoms with van der Waals surface area (Å²) in [5.74, 6) is 0.388. The molecule has 4 aromatic rings. The third kappa shape index (κ3) is 7.84. The fourth-order valence-electron chi connectivity index (χ4n) is 6.78. The summed E-state index contributed by atoms with van der Waals surface area (Å²) in [6, 6.07) is 0. The van der Waals surface area contributed by atoms with Gasteiger partial charge in [-0.2, -0.15) is 4.98 Å². The van der Waals surface area contributed by atoms with Crippen molar-refractivity contribution in [3.8, 4) is 0 Å². The number of aliphatic hydroxyl groups excluding tert-OH is 3. The Morgan fingerprint density at radius 1 is 0.943 bits per heavy atom. The maximum atomic E-state index is 13.7. The smallest absolute Gasteiger partial charge is 0.660 e. The molecule has 0 aliphatic carbocycles. The van der Waals surface area contributed by atoms with Gasteiger partial charge in [-0.25, -0.2) is 15.0 Å². The molecule has 2 bridgehead atoms. The second kappa shape index (κ2) is 16.3. The molecule has 0 aromatic carbocycles. The number of anilines is 2. The number of ether oxygens (including phenoxy) is 2. The molecule has 10 atom stereocenters. The fourth-order valence-corrected chi connectivity index (χ4v) is 9.61. The summed E-state index contributed by atoms with van der Waals surface area (Å²) in [5, 5.41) is 36.2. The Labute approximate surface area is 354 Å². The number of hydrogen-bond donors (Lipinski definition) is 5. The van der Waals surface area contributed by atoms with E-state index in [9.17, 15) is 29.2 Å². The van der Waals surface area contributed by atoms with E-state index in [-0.39, 0.29) is 89.4 Å². The zero-order valence-corrected chi connectivity index (χ0v) is 35.7. The molecule has 6 N–H and O–H groups in total. The summed E-state index contributed by atoms with van der Waals surface area (Å²) >= 11 is 10.4. The quantitative estimate of drug-likeness (QED) is 0.0727. The SMILES string of the molecule is Nc1nc2c(ncn2[C@@H]2O[C@@H]3COP(=O)([S-])O[C@H]4[C@@H](O)[C@H](n5cc6c7c(ncnc75)NCCC6)O[C@@H]4COP(=O)([S-])O[C@@H]2[C@@H]3O)c(=O)n1CCO.[Na+].[Na+]. The molecule has 21 nitrogen and oxygen atoms in total. The number of aryl methyl sites for hydroxylation is 1. The minimum absolute atomic E-state index is 0. The summed E-state index contributed by atoms with van der Waals surface area (Å²) in [5.41, 5.74) is 6.47. The minimum atomic E-state index is -4.53. The maximum Gasteiger partial charge on any atom is 1.00 e. The normalized spacial score (nSPS) is 34.5. The number of nitrogens with one attached hydrogen (secondary N) is 1. The summed E-state index contributed by atoms with van der Waals surface area (Å²) < 4.78 is 65.8. The van der Waals surface area contributed by atoms with E-state index in [2.05, 4.69) is 25.3 Å². The third-order valence-corrected chi connectivity index (χ3v) is 12.2. The average molecular weight is 834 g/mol. The molecule has 8 rings (SSSR count). The first-order valence-electron chi connectivity index (χ1n) is 15.7. The maximum absolute atomic E-state index is 13.7. The predicted molar refractivity (Wildman–Crippen MR) is 179 cm³/mol. The monoisotopic (exact) mass is 833 g/mol. The van der Waals surface area contributed by atoms with Gasteiger partial charge in [-0.1, -0.05) is 0 Å². The molecule has 53 heavy (non-hydrogen) atoms.